The molecule has 0 saturated carbocycles. The lowest BCUT2D eigenvalue weighted by Gasteiger charge is -1.92. The van der Waals surface area contributed by atoms with Crippen molar-refractivity contribution >= 4 is 28.2 Å². The summed E-state index contributed by atoms with van der Waals surface area (Å²) in [5, 5.41) is 0. The second-order valence-electron chi connectivity index (χ2n) is 4.74. The van der Waals surface area contributed by atoms with Gasteiger partial charge < -0.3 is 0 Å². The number of aryl methyl sites for hydroxylation is 2. The molecule has 0 aliphatic carbocycles. The van der Waals surface area contributed by atoms with Gasteiger partial charge in [-0.05, 0) is 38.1 Å². The van der Waals surface area contributed by atoms with Crippen LogP contribution in [0.4, 0.5) is 11.4 Å². The van der Waals surface area contributed by atoms with Crippen LogP contribution < -0.4 is 0 Å². The van der Waals surface area contributed by atoms with Crippen LogP contribution in [0.3, 0.4) is 0 Å². The monoisotopic (exact) mass is 300 g/mol. The van der Waals surface area contributed by atoms with Crippen molar-refractivity contribution in [1.29, 1.82) is 0 Å². The maximum Gasteiger partial charge on any atom is 0.100 e. The summed E-state index contributed by atoms with van der Waals surface area (Å²) in [6, 6.07) is 18.6. The van der Waals surface area contributed by atoms with Crippen LogP contribution in [-0.4, -0.2) is 22.7 Å². The molecule has 110 valence electrons. The minimum Gasteiger partial charge on any atom is -0.260 e. The third-order valence-electron chi connectivity index (χ3n) is 2.43. The number of hydrogen-bond acceptors (Lipinski definition) is 3. The van der Waals surface area contributed by atoms with Gasteiger partial charge in [0.1, 0.15) is 6.01 Å². The van der Waals surface area contributed by atoms with Crippen LogP contribution in [0.15, 0.2) is 58.5 Å². The molecule has 0 heterocycles. The Morgan fingerprint density at radius 1 is 0.762 bits per heavy atom. The molecule has 0 aliphatic heterocycles. The highest BCUT2D eigenvalue weighted by atomic mass is 32.2. The second-order valence-corrected chi connectivity index (χ2v) is 6.22. The van der Waals surface area contributed by atoms with Crippen molar-refractivity contribution in [1.82, 2.24) is 0 Å². The largest absolute Gasteiger partial charge is 0.260 e. The second kappa shape index (κ2) is 9.01. The summed E-state index contributed by atoms with van der Waals surface area (Å²) in [6.45, 7) is 4.10. The first-order valence-corrected chi connectivity index (χ1v) is 8.49. The molecule has 0 N–H and O–H groups in total. The van der Waals surface area contributed by atoms with Crippen molar-refractivity contribution in [3.63, 3.8) is 0 Å². The lowest BCUT2D eigenvalue weighted by molar-refractivity contribution is 0.690. The Kier molecular flexibility index (Phi) is 7.30. The van der Waals surface area contributed by atoms with E-state index in [4.69, 9.17) is 0 Å². The van der Waals surface area contributed by atoms with Crippen molar-refractivity contribution in [2.45, 2.75) is 13.8 Å². The van der Waals surface area contributed by atoms with Crippen molar-refractivity contribution < 1.29 is 4.21 Å². The Morgan fingerprint density at radius 3 is 1.33 bits per heavy atom. The molecule has 2 aromatic carbocycles. The molecule has 0 atom stereocenters. The molecule has 4 heteroatoms. The van der Waals surface area contributed by atoms with Gasteiger partial charge in [-0.1, -0.05) is 35.4 Å². The Bertz CT molecular complexity index is 586. The van der Waals surface area contributed by atoms with Crippen molar-refractivity contribution in [2.24, 2.45) is 9.98 Å². The van der Waals surface area contributed by atoms with Crippen LogP contribution in [-0.2, 0) is 10.8 Å². The fourth-order valence-electron chi connectivity index (χ4n) is 1.38. The summed E-state index contributed by atoms with van der Waals surface area (Å²) in [6.07, 6.45) is 3.28. The van der Waals surface area contributed by atoms with Crippen LogP contribution in [0.25, 0.3) is 0 Å². The van der Waals surface area contributed by atoms with Gasteiger partial charge >= 0.3 is 0 Å². The van der Waals surface area contributed by atoms with E-state index in [-0.39, 0.29) is 0 Å². The van der Waals surface area contributed by atoms with Gasteiger partial charge in [-0.2, -0.15) is 9.98 Å². The average molecular weight is 300 g/mol. The van der Waals surface area contributed by atoms with E-state index in [1.807, 2.05) is 62.4 Å². The molecule has 2 rings (SSSR count). The molecule has 0 saturated heterocycles. The van der Waals surface area contributed by atoms with Gasteiger partial charge in [-0.3, -0.25) is 4.21 Å². The first kappa shape index (κ1) is 17.0. The van der Waals surface area contributed by atoms with Crippen LogP contribution in [0.2, 0.25) is 0 Å². The summed E-state index contributed by atoms with van der Waals surface area (Å²) in [4.78, 5) is 8.30. The molecular formula is C17H20N2OS. The van der Waals surface area contributed by atoms with E-state index in [1.54, 1.807) is 12.5 Å². The third-order valence-corrected chi connectivity index (χ3v) is 2.43. The van der Waals surface area contributed by atoms with E-state index in [0.29, 0.717) is 0 Å². The molecular weight excluding hydrogens is 280 g/mol. The molecule has 0 bridgehead atoms. The molecule has 2 aromatic rings. The highest BCUT2D eigenvalue weighted by molar-refractivity contribution is 7.83. The molecule has 0 aliphatic rings. The Hall–Kier alpha value is -2.03. The van der Waals surface area contributed by atoms with Crippen LogP contribution in [0, 0.1) is 13.8 Å². The quantitative estimate of drug-likeness (QED) is 0.756. The van der Waals surface area contributed by atoms with E-state index < -0.39 is 10.8 Å². The van der Waals surface area contributed by atoms with Gasteiger partial charge in [0.25, 0.3) is 0 Å². The Morgan fingerprint density at radius 2 is 1.05 bits per heavy atom. The molecule has 3 nitrogen and oxygen atoms in total. The van der Waals surface area contributed by atoms with Crippen LogP contribution in [0.5, 0.6) is 0 Å². The highest BCUT2D eigenvalue weighted by Crippen LogP contribution is 2.13. The van der Waals surface area contributed by atoms with Crippen LogP contribution in [0.1, 0.15) is 11.1 Å². The predicted molar refractivity (Wildman–Crippen MR) is 91.5 cm³/mol. The molecule has 0 spiro atoms. The van der Waals surface area contributed by atoms with E-state index >= 15 is 0 Å². The number of hydrogen-bond donors (Lipinski definition) is 0. The lowest BCUT2D eigenvalue weighted by Crippen LogP contribution is -1.70. The molecule has 0 amide bonds. The van der Waals surface area contributed by atoms with E-state index in [1.165, 1.54) is 11.1 Å². The first-order chi connectivity index (χ1) is 9.97. The maximum atomic E-state index is 9.56. The summed E-state index contributed by atoms with van der Waals surface area (Å²) in [5.74, 6) is 0. The zero-order chi connectivity index (χ0) is 15.7. The van der Waals surface area contributed by atoms with E-state index in [9.17, 15) is 4.21 Å². The van der Waals surface area contributed by atoms with Gasteiger partial charge in [0.05, 0.1) is 11.4 Å². The summed E-state index contributed by atoms with van der Waals surface area (Å²) >= 11 is 0. The fourth-order valence-corrected chi connectivity index (χ4v) is 1.38. The zero-order valence-corrected chi connectivity index (χ0v) is 13.6. The van der Waals surface area contributed by atoms with Gasteiger partial charge in [-0.25, -0.2) is 0 Å². The lowest BCUT2D eigenvalue weighted by atomic mass is 10.2. The number of benzene rings is 2. The van der Waals surface area contributed by atoms with Crippen LogP contribution >= 0.6 is 0 Å². The molecule has 0 aromatic heterocycles. The average Bonchev–Trinajstić information content (AvgIpc) is 2.43. The smallest absolute Gasteiger partial charge is 0.100 e. The molecule has 0 fully saturated rings. The minimum absolute atomic E-state index is 0.611. The summed E-state index contributed by atoms with van der Waals surface area (Å²) in [7, 11) is -0.611. The fraction of sp³-hybridized carbons (Fsp3) is 0.235. The highest BCUT2D eigenvalue weighted by Gasteiger charge is 1.87. The summed E-state index contributed by atoms with van der Waals surface area (Å²) < 4.78 is 9.56. The molecule has 0 radical (unpaired) electrons. The maximum absolute atomic E-state index is 9.56. The first-order valence-electron chi connectivity index (χ1n) is 6.52. The Balaban J connectivity index is 0.000000491. The normalized spacial score (nSPS) is 9.38. The van der Waals surface area contributed by atoms with E-state index in [0.717, 1.165) is 11.4 Å². The number of rotatable bonds is 2. The third kappa shape index (κ3) is 7.98. The topological polar surface area (TPSA) is 41.8 Å². The van der Waals surface area contributed by atoms with Crippen molar-refractivity contribution in [2.75, 3.05) is 12.5 Å². The number of nitrogens with zero attached hydrogens (tertiary/aromatic N) is 2. The van der Waals surface area contributed by atoms with Gasteiger partial charge in [0, 0.05) is 23.3 Å². The predicted octanol–water partition coefficient (Wildman–Crippen LogP) is 4.44. The van der Waals surface area contributed by atoms with Crippen molar-refractivity contribution in [3.8, 4) is 0 Å². The molecule has 21 heavy (non-hydrogen) atoms. The van der Waals surface area contributed by atoms with E-state index in [2.05, 4.69) is 16.0 Å². The SMILES string of the molecule is CS(C)=O.Cc1ccc(N=C=Nc2ccc(C)cc2)cc1. The standard InChI is InChI=1S/C15H14N2.C2H6OS/c1-12-3-7-14(8-4-12)16-11-17-15-9-5-13(2)6-10-15;1-4(2)3/h3-10H,1-2H3;1-2H3. The van der Waals surface area contributed by atoms with Gasteiger partial charge in [0.15, 0.2) is 0 Å². The minimum atomic E-state index is -0.611. The zero-order valence-electron chi connectivity index (χ0n) is 12.8. The van der Waals surface area contributed by atoms with Crippen molar-refractivity contribution in [3.05, 3.63) is 59.7 Å². The number of aliphatic imine (C=N–C) groups is 2. The van der Waals surface area contributed by atoms with Gasteiger partial charge in [-0.15, -0.1) is 0 Å². The van der Waals surface area contributed by atoms with Gasteiger partial charge in [0.2, 0.25) is 0 Å². The molecule has 0 unspecified atom stereocenters. The Labute approximate surface area is 128 Å². The summed E-state index contributed by atoms with van der Waals surface area (Å²) in [5.41, 5.74) is 4.18.